The van der Waals surface area contributed by atoms with Gasteiger partial charge in [-0.05, 0) is 30.3 Å². The summed E-state index contributed by atoms with van der Waals surface area (Å²) in [6, 6.07) is 8.63. The number of anilines is 1. The number of rotatable bonds is 2. The highest BCUT2D eigenvalue weighted by molar-refractivity contribution is 6.29. The van der Waals surface area contributed by atoms with Crippen molar-refractivity contribution in [1.82, 2.24) is 4.98 Å². The lowest BCUT2D eigenvalue weighted by atomic mass is 10.3. The molecule has 1 aromatic heterocycles. The van der Waals surface area contributed by atoms with Crippen LogP contribution in [0.4, 0.5) is 10.1 Å². The Morgan fingerprint density at radius 1 is 1.19 bits per heavy atom. The van der Waals surface area contributed by atoms with Crippen LogP contribution in [-0.2, 0) is 0 Å². The van der Waals surface area contributed by atoms with E-state index in [-0.39, 0.29) is 16.9 Å². The molecule has 0 saturated carbocycles. The second-order valence-electron chi connectivity index (χ2n) is 3.12. The van der Waals surface area contributed by atoms with Crippen LogP contribution in [0.1, 0.15) is 0 Å². The Morgan fingerprint density at radius 3 is 2.50 bits per heavy atom. The fourth-order valence-corrected chi connectivity index (χ4v) is 1.38. The third-order valence-corrected chi connectivity index (χ3v) is 2.02. The van der Waals surface area contributed by atoms with Crippen molar-refractivity contribution < 1.29 is 9.13 Å². The van der Waals surface area contributed by atoms with Crippen LogP contribution in [0.2, 0.25) is 5.15 Å². The van der Waals surface area contributed by atoms with Crippen LogP contribution in [0.25, 0.3) is 0 Å². The SMILES string of the molecule is Nc1cc(Cl)nc(Oc2ccc(F)cc2)c1. The number of hydrogen-bond donors (Lipinski definition) is 1. The van der Waals surface area contributed by atoms with E-state index in [0.29, 0.717) is 11.4 Å². The summed E-state index contributed by atoms with van der Waals surface area (Å²) in [7, 11) is 0. The molecule has 0 radical (unpaired) electrons. The van der Waals surface area contributed by atoms with Gasteiger partial charge in [-0.1, -0.05) is 11.6 Å². The third kappa shape index (κ3) is 2.61. The zero-order valence-corrected chi connectivity index (χ0v) is 8.91. The predicted molar refractivity (Wildman–Crippen MR) is 60.1 cm³/mol. The van der Waals surface area contributed by atoms with Crippen molar-refractivity contribution in [3.8, 4) is 11.6 Å². The largest absolute Gasteiger partial charge is 0.439 e. The molecule has 0 bridgehead atoms. The highest BCUT2D eigenvalue weighted by Crippen LogP contribution is 2.23. The summed E-state index contributed by atoms with van der Waals surface area (Å²) in [6.07, 6.45) is 0. The van der Waals surface area contributed by atoms with Gasteiger partial charge in [-0.15, -0.1) is 0 Å². The van der Waals surface area contributed by atoms with Crippen molar-refractivity contribution in [3.05, 3.63) is 47.4 Å². The van der Waals surface area contributed by atoms with Crippen molar-refractivity contribution in [2.45, 2.75) is 0 Å². The molecule has 0 fully saturated rings. The van der Waals surface area contributed by atoms with E-state index in [1.807, 2.05) is 0 Å². The Kier molecular flexibility index (Phi) is 2.92. The van der Waals surface area contributed by atoms with Gasteiger partial charge in [0.05, 0.1) is 0 Å². The Labute approximate surface area is 96.6 Å². The fourth-order valence-electron chi connectivity index (χ4n) is 1.17. The molecule has 0 atom stereocenters. The zero-order valence-electron chi connectivity index (χ0n) is 8.15. The number of nitrogens with two attached hydrogens (primary N) is 1. The Hall–Kier alpha value is -1.81. The summed E-state index contributed by atoms with van der Waals surface area (Å²) >= 11 is 5.71. The van der Waals surface area contributed by atoms with Gasteiger partial charge in [-0.25, -0.2) is 9.37 Å². The number of pyridine rings is 1. The maximum atomic E-state index is 12.6. The van der Waals surface area contributed by atoms with Gasteiger partial charge in [-0.2, -0.15) is 0 Å². The molecule has 2 aromatic rings. The second-order valence-corrected chi connectivity index (χ2v) is 3.50. The van der Waals surface area contributed by atoms with Crippen molar-refractivity contribution in [2.75, 3.05) is 5.73 Å². The monoisotopic (exact) mass is 238 g/mol. The molecule has 0 saturated heterocycles. The van der Waals surface area contributed by atoms with Crippen LogP contribution in [0.3, 0.4) is 0 Å². The van der Waals surface area contributed by atoms with Gasteiger partial charge in [0, 0.05) is 11.8 Å². The summed E-state index contributed by atoms with van der Waals surface area (Å²) < 4.78 is 18.0. The molecule has 0 unspecified atom stereocenters. The van der Waals surface area contributed by atoms with E-state index >= 15 is 0 Å². The van der Waals surface area contributed by atoms with Crippen molar-refractivity contribution in [2.24, 2.45) is 0 Å². The molecule has 3 nitrogen and oxygen atoms in total. The van der Waals surface area contributed by atoms with E-state index in [1.54, 1.807) is 0 Å². The van der Waals surface area contributed by atoms with Crippen molar-refractivity contribution in [3.63, 3.8) is 0 Å². The van der Waals surface area contributed by atoms with Gasteiger partial charge >= 0.3 is 0 Å². The molecule has 0 aliphatic heterocycles. The van der Waals surface area contributed by atoms with E-state index < -0.39 is 0 Å². The van der Waals surface area contributed by atoms with Gasteiger partial charge in [0.1, 0.15) is 16.7 Å². The first-order valence-electron chi connectivity index (χ1n) is 4.50. The summed E-state index contributed by atoms with van der Waals surface area (Å²) in [5.74, 6) is 0.415. The summed E-state index contributed by atoms with van der Waals surface area (Å²) in [5.41, 5.74) is 6.03. The standard InChI is InChI=1S/C11H8ClFN2O/c12-10-5-8(14)6-11(15-10)16-9-3-1-7(13)2-4-9/h1-6H,(H2,14,15). The minimum atomic E-state index is -0.328. The minimum Gasteiger partial charge on any atom is -0.439 e. The first-order chi connectivity index (χ1) is 7.63. The van der Waals surface area contributed by atoms with E-state index in [0.717, 1.165) is 0 Å². The predicted octanol–water partition coefficient (Wildman–Crippen LogP) is 3.25. The van der Waals surface area contributed by atoms with Gasteiger partial charge < -0.3 is 10.5 Å². The van der Waals surface area contributed by atoms with Crippen LogP contribution < -0.4 is 10.5 Å². The average Bonchev–Trinajstić information content (AvgIpc) is 2.20. The number of hydrogen-bond acceptors (Lipinski definition) is 3. The molecule has 5 heteroatoms. The molecular weight excluding hydrogens is 231 g/mol. The lowest BCUT2D eigenvalue weighted by Crippen LogP contribution is -1.92. The molecule has 2 N–H and O–H groups in total. The summed E-state index contributed by atoms with van der Waals surface area (Å²) in [6.45, 7) is 0. The maximum Gasteiger partial charge on any atom is 0.222 e. The molecule has 0 spiro atoms. The molecule has 1 heterocycles. The number of nitrogen functional groups attached to an aromatic ring is 1. The normalized spacial score (nSPS) is 10.1. The molecule has 16 heavy (non-hydrogen) atoms. The smallest absolute Gasteiger partial charge is 0.222 e. The molecule has 82 valence electrons. The molecular formula is C11H8ClFN2O. The van der Waals surface area contributed by atoms with Gasteiger partial charge in [-0.3, -0.25) is 0 Å². The minimum absolute atomic E-state index is 0.247. The van der Waals surface area contributed by atoms with E-state index in [2.05, 4.69) is 4.98 Å². The number of halogens is 2. The first kappa shape index (κ1) is 10.7. The lowest BCUT2D eigenvalue weighted by molar-refractivity contribution is 0.462. The lowest BCUT2D eigenvalue weighted by Gasteiger charge is -2.05. The van der Waals surface area contributed by atoms with E-state index in [4.69, 9.17) is 22.1 Å². The van der Waals surface area contributed by atoms with Crippen LogP contribution in [0.15, 0.2) is 36.4 Å². The molecule has 0 aliphatic carbocycles. The fraction of sp³-hybridized carbons (Fsp3) is 0. The average molecular weight is 239 g/mol. The second kappa shape index (κ2) is 4.37. The molecule has 0 amide bonds. The Morgan fingerprint density at radius 2 is 1.88 bits per heavy atom. The molecule has 1 aromatic carbocycles. The quantitative estimate of drug-likeness (QED) is 0.817. The molecule has 2 rings (SSSR count). The van der Waals surface area contributed by atoms with Crippen LogP contribution >= 0.6 is 11.6 Å². The number of aromatic nitrogens is 1. The van der Waals surface area contributed by atoms with Crippen molar-refractivity contribution in [1.29, 1.82) is 0 Å². The maximum absolute atomic E-state index is 12.6. The Balaban J connectivity index is 2.23. The van der Waals surface area contributed by atoms with Crippen LogP contribution in [0, 0.1) is 5.82 Å². The number of nitrogens with zero attached hydrogens (tertiary/aromatic N) is 1. The van der Waals surface area contributed by atoms with Gasteiger partial charge in [0.25, 0.3) is 0 Å². The third-order valence-electron chi connectivity index (χ3n) is 1.83. The summed E-state index contributed by atoms with van der Waals surface area (Å²) in [4.78, 5) is 3.92. The topological polar surface area (TPSA) is 48.1 Å². The van der Waals surface area contributed by atoms with Gasteiger partial charge in [0.15, 0.2) is 0 Å². The Bertz CT molecular complexity index is 482. The summed E-state index contributed by atoms with van der Waals surface area (Å²) in [5, 5.41) is 0.247. The first-order valence-corrected chi connectivity index (χ1v) is 4.88. The highest BCUT2D eigenvalue weighted by atomic mass is 35.5. The molecule has 0 aliphatic rings. The van der Waals surface area contributed by atoms with Crippen LogP contribution in [0.5, 0.6) is 11.6 Å². The van der Waals surface area contributed by atoms with Crippen molar-refractivity contribution >= 4 is 17.3 Å². The number of ether oxygens (including phenoxy) is 1. The van der Waals surface area contributed by atoms with E-state index in [9.17, 15) is 4.39 Å². The highest BCUT2D eigenvalue weighted by Gasteiger charge is 2.02. The van der Waals surface area contributed by atoms with E-state index in [1.165, 1.54) is 36.4 Å². The van der Waals surface area contributed by atoms with Crippen LogP contribution in [-0.4, -0.2) is 4.98 Å². The number of benzene rings is 1. The zero-order chi connectivity index (χ0) is 11.5. The van der Waals surface area contributed by atoms with Gasteiger partial charge in [0.2, 0.25) is 5.88 Å².